The summed E-state index contributed by atoms with van der Waals surface area (Å²) in [6.07, 6.45) is 9.22. The van der Waals surface area contributed by atoms with Crippen LogP contribution in [0.5, 0.6) is 0 Å². The molecule has 12 heavy (non-hydrogen) atoms. The number of allylic oxidation sites excluding steroid dienone is 1. The van der Waals surface area contributed by atoms with E-state index in [0.29, 0.717) is 6.32 Å². The van der Waals surface area contributed by atoms with Crippen LogP contribution in [0, 0.1) is 0 Å². The Morgan fingerprint density at radius 3 is 2.17 bits per heavy atom. The van der Waals surface area contributed by atoms with Crippen molar-refractivity contribution in [2.24, 2.45) is 0 Å². The Labute approximate surface area is 75.5 Å². The van der Waals surface area contributed by atoms with Gasteiger partial charge >= 0.3 is 7.12 Å². The lowest BCUT2D eigenvalue weighted by molar-refractivity contribution is 0.401. The van der Waals surface area contributed by atoms with Crippen molar-refractivity contribution >= 4 is 7.12 Å². The second-order valence-electron chi connectivity index (χ2n) is 3.11. The normalized spacial score (nSPS) is 9.83. The van der Waals surface area contributed by atoms with E-state index in [2.05, 4.69) is 6.58 Å². The molecule has 70 valence electrons. The Balaban J connectivity index is 2.86. The van der Waals surface area contributed by atoms with Crippen molar-refractivity contribution in [3.8, 4) is 0 Å². The van der Waals surface area contributed by atoms with Crippen molar-refractivity contribution in [2.75, 3.05) is 0 Å². The van der Waals surface area contributed by atoms with Gasteiger partial charge in [0.05, 0.1) is 0 Å². The third-order valence-corrected chi connectivity index (χ3v) is 1.87. The highest BCUT2D eigenvalue weighted by Crippen LogP contribution is 2.07. The van der Waals surface area contributed by atoms with Crippen LogP contribution in [0.15, 0.2) is 12.7 Å². The number of unbranched alkanes of at least 4 members (excludes halogenated alkanes) is 5. The first kappa shape index (κ1) is 11.7. The van der Waals surface area contributed by atoms with Crippen molar-refractivity contribution in [3.05, 3.63) is 12.7 Å². The zero-order chi connectivity index (χ0) is 9.23. The van der Waals surface area contributed by atoms with E-state index < -0.39 is 7.12 Å². The van der Waals surface area contributed by atoms with Crippen LogP contribution >= 0.6 is 0 Å². The van der Waals surface area contributed by atoms with Crippen LogP contribution < -0.4 is 0 Å². The average molecular weight is 170 g/mol. The van der Waals surface area contributed by atoms with Crippen LogP contribution in [-0.2, 0) is 0 Å². The Bertz CT molecular complexity index is 105. The Kier molecular flexibility index (Phi) is 8.62. The van der Waals surface area contributed by atoms with Crippen molar-refractivity contribution in [1.82, 2.24) is 0 Å². The maximum Gasteiger partial charge on any atom is 0.451 e. The van der Waals surface area contributed by atoms with Gasteiger partial charge in [-0.3, -0.25) is 0 Å². The molecule has 0 saturated heterocycles. The first-order valence-electron chi connectivity index (χ1n) is 4.74. The average Bonchev–Trinajstić information content (AvgIpc) is 2.02. The topological polar surface area (TPSA) is 40.5 Å². The summed E-state index contributed by atoms with van der Waals surface area (Å²) >= 11 is 0. The molecule has 0 spiro atoms. The van der Waals surface area contributed by atoms with E-state index in [4.69, 9.17) is 10.0 Å². The quantitative estimate of drug-likeness (QED) is 0.332. The van der Waals surface area contributed by atoms with Crippen LogP contribution in [0.4, 0.5) is 0 Å². The molecule has 0 fully saturated rings. The largest absolute Gasteiger partial charge is 0.451 e. The second kappa shape index (κ2) is 8.82. The lowest BCUT2D eigenvalue weighted by atomic mass is 9.83. The highest BCUT2D eigenvalue weighted by Gasteiger charge is 2.04. The molecule has 0 saturated carbocycles. The van der Waals surface area contributed by atoms with Crippen LogP contribution in [0.1, 0.15) is 38.5 Å². The van der Waals surface area contributed by atoms with E-state index in [0.717, 1.165) is 19.3 Å². The fourth-order valence-electron chi connectivity index (χ4n) is 1.15. The number of hydrogen-bond acceptors (Lipinski definition) is 2. The van der Waals surface area contributed by atoms with E-state index in [9.17, 15) is 0 Å². The molecular formula is C9H19BO2. The summed E-state index contributed by atoms with van der Waals surface area (Å²) in [4.78, 5) is 0. The lowest BCUT2D eigenvalue weighted by Crippen LogP contribution is -2.09. The van der Waals surface area contributed by atoms with Crippen LogP contribution in [0.2, 0.25) is 6.32 Å². The SMILES string of the molecule is C=CCCCCCCCB(O)O. The minimum absolute atomic E-state index is 0.515. The van der Waals surface area contributed by atoms with Gasteiger partial charge in [0.25, 0.3) is 0 Å². The van der Waals surface area contributed by atoms with Gasteiger partial charge < -0.3 is 10.0 Å². The standard InChI is InChI=1S/C9H19BO2/c1-2-3-4-5-6-7-8-9-10(11)12/h2,11-12H,1,3-9H2. The highest BCUT2D eigenvalue weighted by atomic mass is 16.4. The molecule has 2 nitrogen and oxygen atoms in total. The van der Waals surface area contributed by atoms with Gasteiger partial charge in [0, 0.05) is 0 Å². The smallest absolute Gasteiger partial charge is 0.427 e. The second-order valence-corrected chi connectivity index (χ2v) is 3.11. The lowest BCUT2D eigenvalue weighted by Gasteiger charge is -1.99. The molecule has 0 atom stereocenters. The molecule has 0 aromatic carbocycles. The molecule has 3 heteroatoms. The summed E-state index contributed by atoms with van der Waals surface area (Å²) in [5.41, 5.74) is 0. The summed E-state index contributed by atoms with van der Waals surface area (Å²) < 4.78 is 0. The third kappa shape index (κ3) is 9.72. The molecular weight excluding hydrogens is 151 g/mol. The van der Waals surface area contributed by atoms with E-state index >= 15 is 0 Å². The number of hydrogen-bond donors (Lipinski definition) is 2. The summed E-state index contributed by atoms with van der Waals surface area (Å²) in [6.45, 7) is 3.65. The molecule has 2 N–H and O–H groups in total. The minimum Gasteiger partial charge on any atom is -0.427 e. The van der Waals surface area contributed by atoms with Gasteiger partial charge in [-0.05, 0) is 19.2 Å². The summed E-state index contributed by atoms with van der Waals surface area (Å²) in [5, 5.41) is 17.1. The number of rotatable bonds is 8. The first-order valence-corrected chi connectivity index (χ1v) is 4.74. The molecule has 0 aliphatic rings. The van der Waals surface area contributed by atoms with E-state index in [1.807, 2.05) is 6.08 Å². The molecule has 0 heterocycles. The Hall–Kier alpha value is -0.275. The van der Waals surface area contributed by atoms with E-state index in [-0.39, 0.29) is 0 Å². The van der Waals surface area contributed by atoms with Crippen LogP contribution in [-0.4, -0.2) is 17.2 Å². The summed E-state index contributed by atoms with van der Waals surface area (Å²) in [7, 11) is -1.11. The van der Waals surface area contributed by atoms with Crippen molar-refractivity contribution < 1.29 is 10.0 Å². The molecule has 0 aromatic rings. The van der Waals surface area contributed by atoms with Gasteiger partial charge in [-0.1, -0.05) is 31.8 Å². The van der Waals surface area contributed by atoms with E-state index in [1.165, 1.54) is 19.3 Å². The summed E-state index contributed by atoms with van der Waals surface area (Å²) in [5.74, 6) is 0. The van der Waals surface area contributed by atoms with Gasteiger partial charge in [0.1, 0.15) is 0 Å². The van der Waals surface area contributed by atoms with E-state index in [1.54, 1.807) is 0 Å². The van der Waals surface area contributed by atoms with Crippen molar-refractivity contribution in [2.45, 2.75) is 44.8 Å². The summed E-state index contributed by atoms with van der Waals surface area (Å²) in [6, 6.07) is 0. The maximum atomic E-state index is 8.54. The van der Waals surface area contributed by atoms with Crippen molar-refractivity contribution in [3.63, 3.8) is 0 Å². The maximum absolute atomic E-state index is 8.54. The van der Waals surface area contributed by atoms with Crippen LogP contribution in [0.3, 0.4) is 0 Å². The Morgan fingerprint density at radius 2 is 1.58 bits per heavy atom. The predicted octanol–water partition coefficient (Wildman–Crippen LogP) is 1.99. The van der Waals surface area contributed by atoms with Gasteiger partial charge in [0.15, 0.2) is 0 Å². The van der Waals surface area contributed by atoms with Crippen LogP contribution in [0.25, 0.3) is 0 Å². The third-order valence-electron chi connectivity index (χ3n) is 1.87. The molecule has 0 bridgehead atoms. The van der Waals surface area contributed by atoms with Gasteiger partial charge in [0.2, 0.25) is 0 Å². The monoisotopic (exact) mass is 170 g/mol. The molecule has 0 aromatic heterocycles. The Morgan fingerprint density at radius 1 is 1.00 bits per heavy atom. The fraction of sp³-hybridized carbons (Fsp3) is 0.778. The van der Waals surface area contributed by atoms with Crippen molar-refractivity contribution in [1.29, 1.82) is 0 Å². The zero-order valence-corrected chi connectivity index (χ0v) is 7.71. The zero-order valence-electron chi connectivity index (χ0n) is 7.71. The molecule has 0 unspecified atom stereocenters. The molecule has 0 aliphatic carbocycles. The fourth-order valence-corrected chi connectivity index (χ4v) is 1.15. The minimum atomic E-state index is -1.11. The predicted molar refractivity (Wildman–Crippen MR) is 52.9 cm³/mol. The van der Waals surface area contributed by atoms with Gasteiger partial charge in [-0.2, -0.15) is 0 Å². The molecule has 0 rings (SSSR count). The first-order chi connectivity index (χ1) is 5.77. The molecule has 0 radical (unpaired) electrons. The molecule has 0 amide bonds. The van der Waals surface area contributed by atoms with Gasteiger partial charge in [-0.15, -0.1) is 6.58 Å². The highest BCUT2D eigenvalue weighted by molar-refractivity contribution is 6.40. The van der Waals surface area contributed by atoms with Gasteiger partial charge in [-0.25, -0.2) is 0 Å². The molecule has 0 aliphatic heterocycles.